The van der Waals surface area contributed by atoms with Crippen molar-refractivity contribution in [2.45, 2.75) is 39.0 Å². The van der Waals surface area contributed by atoms with Gasteiger partial charge in [-0.2, -0.15) is 0 Å². The SMILES string of the molecule is Cc1ccc2c(n1)/C(=N/OCCCc1cccc(-c3ncc4ccccc4n3)n1)CCC2. The molecule has 4 aromatic rings. The Morgan fingerprint density at radius 3 is 2.84 bits per heavy atom. The smallest absolute Gasteiger partial charge is 0.178 e. The quantitative estimate of drug-likeness (QED) is 0.319. The van der Waals surface area contributed by atoms with E-state index in [0.29, 0.717) is 12.4 Å². The van der Waals surface area contributed by atoms with Gasteiger partial charge in [0.05, 0.1) is 11.2 Å². The third-order valence-electron chi connectivity index (χ3n) is 5.62. The highest BCUT2D eigenvalue weighted by atomic mass is 16.6. The van der Waals surface area contributed by atoms with Gasteiger partial charge in [0.2, 0.25) is 0 Å². The number of oxime groups is 1. The molecule has 6 heteroatoms. The first-order valence-electron chi connectivity index (χ1n) is 11.1. The molecule has 0 saturated carbocycles. The Hall–Kier alpha value is -3.67. The second kappa shape index (κ2) is 9.22. The van der Waals surface area contributed by atoms with E-state index >= 15 is 0 Å². The first kappa shape index (κ1) is 20.2. The van der Waals surface area contributed by atoms with Gasteiger partial charge in [0.1, 0.15) is 18.0 Å². The first-order valence-corrected chi connectivity index (χ1v) is 11.1. The van der Waals surface area contributed by atoms with Crippen molar-refractivity contribution in [3.8, 4) is 11.5 Å². The molecule has 3 aromatic heterocycles. The van der Waals surface area contributed by atoms with Gasteiger partial charge >= 0.3 is 0 Å². The number of rotatable bonds is 6. The summed E-state index contributed by atoms with van der Waals surface area (Å²) < 4.78 is 0. The zero-order chi connectivity index (χ0) is 21.8. The van der Waals surface area contributed by atoms with Gasteiger partial charge in [-0.3, -0.25) is 4.98 Å². The molecule has 160 valence electrons. The van der Waals surface area contributed by atoms with Crippen molar-refractivity contribution in [3.05, 3.63) is 83.4 Å². The van der Waals surface area contributed by atoms with Gasteiger partial charge in [0.15, 0.2) is 5.82 Å². The summed E-state index contributed by atoms with van der Waals surface area (Å²) in [6.07, 6.45) is 6.55. The summed E-state index contributed by atoms with van der Waals surface area (Å²) in [7, 11) is 0. The van der Waals surface area contributed by atoms with Gasteiger partial charge in [-0.05, 0) is 68.9 Å². The second-order valence-electron chi connectivity index (χ2n) is 8.06. The van der Waals surface area contributed by atoms with Crippen LogP contribution >= 0.6 is 0 Å². The van der Waals surface area contributed by atoms with Crippen molar-refractivity contribution in [1.29, 1.82) is 0 Å². The Bertz CT molecular complexity index is 1280. The number of hydrogen-bond acceptors (Lipinski definition) is 6. The van der Waals surface area contributed by atoms with Crippen molar-refractivity contribution in [2.75, 3.05) is 6.61 Å². The Kier molecular flexibility index (Phi) is 5.83. The lowest BCUT2D eigenvalue weighted by molar-refractivity contribution is 0.141. The monoisotopic (exact) mass is 423 g/mol. The molecule has 1 aromatic carbocycles. The number of fused-ring (bicyclic) bond motifs is 2. The standard InChI is InChI=1S/C26H25N5O/c1-18-14-15-19-8-4-12-23(25(19)28-18)31-32-16-6-10-21-9-5-13-24(29-21)26-27-17-20-7-2-3-11-22(20)30-26/h2-3,5,7,9,11,13-15,17H,4,6,8,10,12,16H2,1H3/b31-23+. The maximum Gasteiger partial charge on any atom is 0.178 e. The van der Waals surface area contributed by atoms with Crippen LogP contribution in [0, 0.1) is 6.92 Å². The fraction of sp³-hybridized carbons (Fsp3) is 0.269. The van der Waals surface area contributed by atoms with Crippen molar-refractivity contribution < 1.29 is 4.84 Å². The van der Waals surface area contributed by atoms with E-state index in [-0.39, 0.29) is 0 Å². The van der Waals surface area contributed by atoms with Crippen LogP contribution in [0.3, 0.4) is 0 Å². The molecular formula is C26H25N5O. The number of aryl methyl sites for hydroxylation is 3. The molecule has 1 aliphatic rings. The highest BCUT2D eigenvalue weighted by Crippen LogP contribution is 2.21. The van der Waals surface area contributed by atoms with E-state index < -0.39 is 0 Å². The molecule has 0 bridgehead atoms. The molecule has 5 rings (SSSR count). The van der Waals surface area contributed by atoms with Gasteiger partial charge in [-0.25, -0.2) is 15.0 Å². The first-order chi connectivity index (χ1) is 15.8. The van der Waals surface area contributed by atoms with Crippen LogP contribution in [0.1, 0.15) is 41.9 Å². The van der Waals surface area contributed by atoms with Gasteiger partial charge < -0.3 is 4.84 Å². The minimum Gasteiger partial charge on any atom is -0.396 e. The van der Waals surface area contributed by atoms with E-state index in [0.717, 1.165) is 71.5 Å². The summed E-state index contributed by atoms with van der Waals surface area (Å²) in [4.78, 5) is 24.2. The Balaban J connectivity index is 1.20. The van der Waals surface area contributed by atoms with Crippen LogP contribution in [0.4, 0.5) is 0 Å². The van der Waals surface area contributed by atoms with E-state index in [2.05, 4.69) is 32.2 Å². The summed E-state index contributed by atoms with van der Waals surface area (Å²) in [6.45, 7) is 2.56. The van der Waals surface area contributed by atoms with Crippen LogP contribution in [0.5, 0.6) is 0 Å². The molecule has 32 heavy (non-hydrogen) atoms. The van der Waals surface area contributed by atoms with E-state index in [1.165, 1.54) is 5.56 Å². The molecular weight excluding hydrogens is 398 g/mol. The third kappa shape index (κ3) is 4.49. The Labute approximate surface area is 187 Å². The van der Waals surface area contributed by atoms with Crippen LogP contribution in [0.2, 0.25) is 0 Å². The molecule has 0 fully saturated rings. The van der Waals surface area contributed by atoms with Gasteiger partial charge in [-0.1, -0.05) is 35.5 Å². The number of para-hydroxylation sites is 1. The molecule has 0 spiro atoms. The Morgan fingerprint density at radius 2 is 1.88 bits per heavy atom. The summed E-state index contributed by atoms with van der Waals surface area (Å²) >= 11 is 0. The molecule has 0 radical (unpaired) electrons. The molecule has 0 saturated heterocycles. The molecule has 1 aliphatic carbocycles. The normalized spacial score (nSPS) is 14.5. The predicted molar refractivity (Wildman–Crippen MR) is 125 cm³/mol. The number of benzene rings is 1. The molecule has 0 amide bonds. The number of pyridine rings is 2. The topological polar surface area (TPSA) is 73.2 Å². The van der Waals surface area contributed by atoms with Crippen LogP contribution in [0.25, 0.3) is 22.4 Å². The van der Waals surface area contributed by atoms with Gasteiger partial charge in [-0.15, -0.1) is 0 Å². The molecule has 0 atom stereocenters. The molecule has 3 heterocycles. The van der Waals surface area contributed by atoms with Crippen LogP contribution in [-0.2, 0) is 17.7 Å². The molecule has 0 aliphatic heterocycles. The Morgan fingerprint density at radius 1 is 0.938 bits per heavy atom. The minimum absolute atomic E-state index is 0.545. The van der Waals surface area contributed by atoms with Crippen molar-refractivity contribution in [1.82, 2.24) is 19.9 Å². The lowest BCUT2D eigenvalue weighted by Gasteiger charge is -2.16. The maximum absolute atomic E-state index is 5.65. The van der Waals surface area contributed by atoms with Crippen molar-refractivity contribution in [2.24, 2.45) is 5.16 Å². The summed E-state index contributed by atoms with van der Waals surface area (Å²) in [6, 6.07) is 18.2. The zero-order valence-corrected chi connectivity index (χ0v) is 18.2. The highest BCUT2D eigenvalue weighted by molar-refractivity contribution is 6.00. The van der Waals surface area contributed by atoms with Gasteiger partial charge in [0.25, 0.3) is 0 Å². The molecule has 6 nitrogen and oxygen atoms in total. The summed E-state index contributed by atoms with van der Waals surface area (Å²) in [5.41, 5.74) is 6.95. The highest BCUT2D eigenvalue weighted by Gasteiger charge is 2.17. The largest absolute Gasteiger partial charge is 0.396 e. The molecule has 0 N–H and O–H groups in total. The van der Waals surface area contributed by atoms with Crippen LogP contribution < -0.4 is 0 Å². The average molecular weight is 424 g/mol. The lowest BCUT2D eigenvalue weighted by Crippen LogP contribution is -2.15. The van der Waals surface area contributed by atoms with Crippen molar-refractivity contribution >= 4 is 16.6 Å². The minimum atomic E-state index is 0.545. The number of nitrogens with zero attached hydrogens (tertiary/aromatic N) is 5. The number of hydrogen-bond donors (Lipinski definition) is 0. The third-order valence-corrected chi connectivity index (χ3v) is 5.62. The molecule has 0 unspecified atom stereocenters. The number of aromatic nitrogens is 4. The zero-order valence-electron chi connectivity index (χ0n) is 18.2. The van der Waals surface area contributed by atoms with Gasteiger partial charge in [0, 0.05) is 23.0 Å². The predicted octanol–water partition coefficient (Wildman–Crippen LogP) is 5.09. The maximum atomic E-state index is 5.65. The second-order valence-corrected chi connectivity index (χ2v) is 8.06. The fourth-order valence-electron chi connectivity index (χ4n) is 3.97. The van der Waals surface area contributed by atoms with E-state index in [9.17, 15) is 0 Å². The van der Waals surface area contributed by atoms with Crippen LogP contribution in [-0.4, -0.2) is 32.3 Å². The lowest BCUT2D eigenvalue weighted by atomic mass is 9.94. The fourth-order valence-corrected chi connectivity index (χ4v) is 3.97. The summed E-state index contributed by atoms with van der Waals surface area (Å²) in [5, 5.41) is 5.43. The summed E-state index contributed by atoms with van der Waals surface area (Å²) in [5.74, 6) is 0.645. The van der Waals surface area contributed by atoms with E-state index in [1.807, 2.05) is 55.6 Å². The van der Waals surface area contributed by atoms with E-state index in [1.54, 1.807) is 0 Å². The van der Waals surface area contributed by atoms with Crippen molar-refractivity contribution in [3.63, 3.8) is 0 Å². The van der Waals surface area contributed by atoms with Crippen LogP contribution in [0.15, 0.2) is 65.9 Å². The van der Waals surface area contributed by atoms with E-state index in [4.69, 9.17) is 9.82 Å². The average Bonchev–Trinajstić information content (AvgIpc) is 2.84.